The van der Waals surface area contributed by atoms with Crippen molar-refractivity contribution < 1.29 is 14.3 Å². The minimum Gasteiger partial charge on any atom is -0.459 e. The highest BCUT2D eigenvalue weighted by Crippen LogP contribution is 2.26. The van der Waals surface area contributed by atoms with E-state index in [1.807, 2.05) is 4.90 Å². The van der Waals surface area contributed by atoms with E-state index in [4.69, 9.17) is 16.3 Å². The third-order valence-corrected chi connectivity index (χ3v) is 4.94. The molecular weight excluding hydrogens is 342 g/mol. The van der Waals surface area contributed by atoms with Gasteiger partial charge in [0.1, 0.15) is 0 Å². The van der Waals surface area contributed by atoms with Crippen molar-refractivity contribution in [3.8, 4) is 0 Å². The van der Waals surface area contributed by atoms with Crippen LogP contribution in [0.25, 0.3) is 0 Å². The number of ether oxygens (including phenoxy) is 1. The first kappa shape index (κ1) is 18.0. The van der Waals surface area contributed by atoms with E-state index in [0.717, 1.165) is 25.9 Å². The van der Waals surface area contributed by atoms with Gasteiger partial charge in [-0.15, -0.1) is 0 Å². The molecule has 0 saturated carbocycles. The molecule has 1 aromatic carbocycles. The first-order valence-corrected chi connectivity index (χ1v) is 9.10. The Morgan fingerprint density at radius 3 is 2.80 bits per heavy atom. The molecule has 0 spiro atoms. The molecule has 0 unspecified atom stereocenters. The van der Waals surface area contributed by atoms with Gasteiger partial charge in [-0.2, -0.15) is 0 Å². The van der Waals surface area contributed by atoms with Crippen molar-refractivity contribution in [2.24, 2.45) is 5.92 Å². The van der Waals surface area contributed by atoms with Crippen LogP contribution in [0.5, 0.6) is 0 Å². The van der Waals surface area contributed by atoms with Crippen LogP contribution >= 0.6 is 11.6 Å². The number of hydrogen-bond donors (Lipinski definition) is 2. The molecule has 3 aliphatic rings. The zero-order valence-electron chi connectivity index (χ0n) is 14.5. The predicted octanol–water partition coefficient (Wildman–Crippen LogP) is 3.12. The second kappa shape index (κ2) is 7.62. The average molecular weight is 366 g/mol. The molecule has 2 amide bonds. The Morgan fingerprint density at radius 1 is 1.32 bits per heavy atom. The van der Waals surface area contributed by atoms with Crippen molar-refractivity contribution in [1.82, 2.24) is 10.2 Å². The minimum atomic E-state index is -0.431. The molecule has 1 aromatic rings. The number of carbonyl (C=O) groups excluding carboxylic acids is 2. The molecular formula is C18H24ClN3O3. The molecule has 0 aromatic heterocycles. The van der Waals surface area contributed by atoms with Gasteiger partial charge in [0, 0.05) is 19.1 Å². The van der Waals surface area contributed by atoms with E-state index in [1.165, 1.54) is 0 Å². The molecule has 0 aliphatic carbocycles. The Morgan fingerprint density at radius 2 is 2.12 bits per heavy atom. The summed E-state index contributed by atoms with van der Waals surface area (Å²) in [5, 5.41) is 6.71. The van der Waals surface area contributed by atoms with Gasteiger partial charge in [0.05, 0.1) is 22.4 Å². The second-order valence-electron chi connectivity index (χ2n) is 7.03. The van der Waals surface area contributed by atoms with E-state index in [9.17, 15) is 9.59 Å². The Labute approximate surface area is 152 Å². The maximum absolute atomic E-state index is 12.7. The number of urea groups is 1. The number of nitrogens with one attached hydrogen (secondary N) is 2. The van der Waals surface area contributed by atoms with E-state index in [0.29, 0.717) is 34.8 Å². The topological polar surface area (TPSA) is 70.7 Å². The van der Waals surface area contributed by atoms with Crippen LogP contribution in [0.2, 0.25) is 5.02 Å². The molecule has 3 aliphatic heterocycles. The fourth-order valence-corrected chi connectivity index (χ4v) is 3.49. The third kappa shape index (κ3) is 4.44. The molecule has 136 valence electrons. The first-order chi connectivity index (χ1) is 11.9. The van der Waals surface area contributed by atoms with E-state index in [2.05, 4.69) is 10.6 Å². The van der Waals surface area contributed by atoms with Crippen molar-refractivity contribution in [3.05, 3.63) is 28.8 Å². The summed E-state index contributed by atoms with van der Waals surface area (Å²) in [7, 11) is 0. The standard InChI is InChI=1S/C18H24ClN3O3/c1-11(2)25-17(23)13-4-6-15(19)16(7-13)21-18(24)22-9-12-3-5-14(10-22)20-8-12/h4,6-7,11-12,14,20H,3,5,8-10H2,1-2H3,(H,21,24)/t12-,14-/m0/s1. The highest BCUT2D eigenvalue weighted by atomic mass is 35.5. The molecule has 25 heavy (non-hydrogen) atoms. The van der Waals surface area contributed by atoms with Gasteiger partial charge >= 0.3 is 12.0 Å². The summed E-state index contributed by atoms with van der Waals surface area (Å²) in [4.78, 5) is 26.5. The lowest BCUT2D eigenvalue weighted by molar-refractivity contribution is 0.0378. The van der Waals surface area contributed by atoms with Gasteiger partial charge in [-0.05, 0) is 57.4 Å². The van der Waals surface area contributed by atoms with E-state index < -0.39 is 5.97 Å². The quantitative estimate of drug-likeness (QED) is 0.807. The molecule has 0 radical (unpaired) electrons. The first-order valence-electron chi connectivity index (χ1n) is 8.72. The summed E-state index contributed by atoms with van der Waals surface area (Å²) < 4.78 is 5.19. The lowest BCUT2D eigenvalue weighted by atomic mass is 9.97. The molecule has 3 fully saturated rings. The second-order valence-corrected chi connectivity index (χ2v) is 7.44. The fourth-order valence-electron chi connectivity index (χ4n) is 3.33. The number of esters is 1. The largest absolute Gasteiger partial charge is 0.459 e. The van der Waals surface area contributed by atoms with Crippen molar-refractivity contribution in [1.29, 1.82) is 0 Å². The summed E-state index contributed by atoms with van der Waals surface area (Å²) in [5.41, 5.74) is 0.792. The summed E-state index contributed by atoms with van der Waals surface area (Å²) >= 11 is 6.19. The maximum Gasteiger partial charge on any atom is 0.338 e. The summed E-state index contributed by atoms with van der Waals surface area (Å²) in [6.07, 6.45) is 2.05. The molecule has 3 heterocycles. The Bertz CT molecular complexity index is 643. The number of piperidine rings is 1. The number of fused-ring (bicyclic) bond motifs is 4. The van der Waals surface area contributed by atoms with Crippen LogP contribution in [0, 0.1) is 5.92 Å². The molecule has 4 rings (SSSR count). The molecule has 2 N–H and O–H groups in total. The lowest BCUT2D eigenvalue weighted by Gasteiger charge is -2.23. The number of rotatable bonds is 3. The fraction of sp³-hybridized carbons (Fsp3) is 0.556. The molecule has 6 nitrogen and oxygen atoms in total. The van der Waals surface area contributed by atoms with Crippen LogP contribution in [-0.2, 0) is 4.74 Å². The Kier molecular flexibility index (Phi) is 5.49. The number of hydrogen-bond acceptors (Lipinski definition) is 4. The Balaban J connectivity index is 1.71. The summed E-state index contributed by atoms with van der Waals surface area (Å²) in [5.74, 6) is 0.0616. The highest BCUT2D eigenvalue weighted by molar-refractivity contribution is 6.33. The van der Waals surface area contributed by atoms with Gasteiger partial charge in [0.2, 0.25) is 0 Å². The van der Waals surface area contributed by atoms with Crippen LogP contribution in [0.1, 0.15) is 37.0 Å². The Hall–Kier alpha value is -1.79. The van der Waals surface area contributed by atoms with Crippen LogP contribution in [-0.4, -0.2) is 48.7 Å². The predicted molar refractivity (Wildman–Crippen MR) is 97.1 cm³/mol. The molecule has 2 bridgehead atoms. The van der Waals surface area contributed by atoms with Crippen molar-refractivity contribution in [2.75, 3.05) is 25.0 Å². The smallest absolute Gasteiger partial charge is 0.338 e. The van der Waals surface area contributed by atoms with E-state index >= 15 is 0 Å². The normalized spacial score (nSPS) is 22.6. The van der Waals surface area contributed by atoms with Crippen LogP contribution < -0.4 is 10.6 Å². The third-order valence-electron chi connectivity index (χ3n) is 4.61. The van der Waals surface area contributed by atoms with Crippen LogP contribution in [0.3, 0.4) is 0 Å². The number of nitrogens with zero attached hydrogens (tertiary/aromatic N) is 1. The number of benzene rings is 1. The van der Waals surface area contributed by atoms with Gasteiger partial charge in [-0.25, -0.2) is 9.59 Å². The van der Waals surface area contributed by atoms with Crippen molar-refractivity contribution in [3.63, 3.8) is 0 Å². The SMILES string of the molecule is CC(C)OC(=O)c1ccc(Cl)c(NC(=O)N2C[C@H]3CC[C@@H](C2)NC3)c1. The van der Waals surface area contributed by atoms with Gasteiger partial charge in [0.25, 0.3) is 0 Å². The van der Waals surface area contributed by atoms with Gasteiger partial charge in [-0.1, -0.05) is 11.6 Å². The van der Waals surface area contributed by atoms with E-state index in [-0.39, 0.29) is 12.1 Å². The van der Waals surface area contributed by atoms with Gasteiger partial charge in [0.15, 0.2) is 0 Å². The van der Waals surface area contributed by atoms with Crippen LogP contribution in [0.4, 0.5) is 10.5 Å². The number of anilines is 1. The van der Waals surface area contributed by atoms with Gasteiger partial charge in [-0.3, -0.25) is 0 Å². The number of halogens is 1. The summed E-state index contributed by atoms with van der Waals surface area (Å²) in [6, 6.07) is 4.93. The lowest BCUT2D eigenvalue weighted by Crippen LogP contribution is -2.42. The molecule has 3 saturated heterocycles. The monoisotopic (exact) mass is 365 g/mol. The zero-order valence-corrected chi connectivity index (χ0v) is 15.3. The summed E-state index contributed by atoms with van der Waals surface area (Å²) in [6.45, 7) is 5.97. The highest BCUT2D eigenvalue weighted by Gasteiger charge is 2.31. The van der Waals surface area contributed by atoms with Gasteiger partial charge < -0.3 is 20.3 Å². The minimum absolute atomic E-state index is 0.183. The molecule has 7 heteroatoms. The van der Waals surface area contributed by atoms with E-state index in [1.54, 1.807) is 32.0 Å². The number of amides is 2. The van der Waals surface area contributed by atoms with Crippen molar-refractivity contribution >= 4 is 29.3 Å². The van der Waals surface area contributed by atoms with Crippen molar-refractivity contribution in [2.45, 2.75) is 38.8 Å². The maximum atomic E-state index is 12.7. The molecule has 2 atom stereocenters. The average Bonchev–Trinajstić information content (AvgIpc) is 2.90. The number of carbonyl (C=O) groups is 2. The zero-order chi connectivity index (χ0) is 18.0. The van der Waals surface area contributed by atoms with Crippen LogP contribution in [0.15, 0.2) is 18.2 Å².